The van der Waals surface area contributed by atoms with Gasteiger partial charge >= 0.3 is 0 Å². The first-order chi connectivity index (χ1) is 9.76. The van der Waals surface area contributed by atoms with Crippen LogP contribution >= 0.6 is 11.6 Å². The van der Waals surface area contributed by atoms with Crippen LogP contribution in [0.1, 0.15) is 37.3 Å². The Labute approximate surface area is 122 Å². The first kappa shape index (κ1) is 13.1. The topological polar surface area (TPSA) is 62.7 Å². The molecule has 0 saturated heterocycles. The molecule has 0 aromatic carbocycles. The third-order valence-electron chi connectivity index (χ3n) is 3.72. The van der Waals surface area contributed by atoms with Crippen molar-refractivity contribution in [2.45, 2.75) is 32.1 Å². The predicted octanol–water partition coefficient (Wildman–Crippen LogP) is 3.99. The van der Waals surface area contributed by atoms with Crippen LogP contribution in [0.15, 0.2) is 22.7 Å². The lowest BCUT2D eigenvalue weighted by Gasteiger charge is -2.04. The number of nitriles is 1. The Balaban J connectivity index is 1.81. The normalized spacial score (nSPS) is 15.4. The van der Waals surface area contributed by atoms with Crippen LogP contribution in [0.5, 0.6) is 0 Å². The fraction of sp³-hybridized carbons (Fsp3) is 0.400. The largest absolute Gasteiger partial charge is 0.441 e. The van der Waals surface area contributed by atoms with Gasteiger partial charge in [-0.05, 0) is 30.9 Å². The first-order valence-corrected chi connectivity index (χ1v) is 7.16. The molecule has 1 aliphatic carbocycles. The monoisotopic (exact) mass is 287 g/mol. The molecule has 0 bridgehead atoms. The maximum atomic E-state index is 8.78. The highest BCUT2D eigenvalue weighted by atomic mass is 35.5. The molecule has 0 unspecified atom stereocenters. The van der Waals surface area contributed by atoms with Crippen molar-refractivity contribution in [1.29, 1.82) is 5.26 Å². The molecule has 0 amide bonds. The van der Waals surface area contributed by atoms with Gasteiger partial charge < -0.3 is 4.42 Å². The van der Waals surface area contributed by atoms with Crippen molar-refractivity contribution in [3.63, 3.8) is 0 Å². The summed E-state index contributed by atoms with van der Waals surface area (Å²) in [7, 11) is 0. The van der Waals surface area contributed by atoms with Crippen LogP contribution in [-0.4, -0.2) is 9.97 Å². The highest BCUT2D eigenvalue weighted by Crippen LogP contribution is 2.31. The van der Waals surface area contributed by atoms with Crippen molar-refractivity contribution in [3.05, 3.63) is 35.1 Å². The van der Waals surface area contributed by atoms with Crippen LogP contribution in [0.25, 0.3) is 11.3 Å². The Kier molecular flexibility index (Phi) is 3.70. The zero-order valence-corrected chi connectivity index (χ0v) is 11.7. The zero-order valence-electron chi connectivity index (χ0n) is 11.0. The van der Waals surface area contributed by atoms with Gasteiger partial charge in [0.15, 0.2) is 11.7 Å². The van der Waals surface area contributed by atoms with E-state index in [0.29, 0.717) is 22.9 Å². The summed E-state index contributed by atoms with van der Waals surface area (Å²) in [5.74, 6) is 2.06. The Morgan fingerprint density at radius 1 is 1.35 bits per heavy atom. The lowest BCUT2D eigenvalue weighted by Crippen LogP contribution is -1.98. The van der Waals surface area contributed by atoms with Crippen molar-refractivity contribution in [1.82, 2.24) is 9.97 Å². The second-order valence-corrected chi connectivity index (χ2v) is 5.48. The summed E-state index contributed by atoms with van der Waals surface area (Å²) in [6, 6.07) is 5.33. The van der Waals surface area contributed by atoms with Gasteiger partial charge in [0, 0.05) is 6.42 Å². The average Bonchev–Trinajstić information content (AvgIpc) is 3.11. The van der Waals surface area contributed by atoms with E-state index in [0.717, 1.165) is 12.3 Å². The predicted molar refractivity (Wildman–Crippen MR) is 75.1 cm³/mol. The Morgan fingerprint density at radius 2 is 2.15 bits per heavy atom. The summed E-state index contributed by atoms with van der Waals surface area (Å²) in [6.45, 7) is 0. The van der Waals surface area contributed by atoms with E-state index >= 15 is 0 Å². The van der Waals surface area contributed by atoms with Crippen molar-refractivity contribution in [3.8, 4) is 17.4 Å². The van der Waals surface area contributed by atoms with E-state index in [1.807, 2.05) is 6.07 Å². The summed E-state index contributed by atoms with van der Waals surface area (Å²) in [5, 5.41) is 9.05. The van der Waals surface area contributed by atoms with Crippen LogP contribution in [-0.2, 0) is 6.42 Å². The molecule has 2 aromatic heterocycles. The van der Waals surface area contributed by atoms with Gasteiger partial charge in [0.25, 0.3) is 0 Å². The molecule has 0 N–H and O–H groups in total. The van der Waals surface area contributed by atoms with E-state index in [1.54, 1.807) is 18.3 Å². The van der Waals surface area contributed by atoms with E-state index in [-0.39, 0.29) is 5.15 Å². The second-order valence-electron chi connectivity index (χ2n) is 5.12. The molecule has 20 heavy (non-hydrogen) atoms. The van der Waals surface area contributed by atoms with E-state index in [4.69, 9.17) is 21.3 Å². The molecule has 1 aliphatic rings. The standard InChI is InChI=1S/C15H14ClN3O/c16-15-12(6-5-11(8-17)19-15)13-9-18-14(20-13)7-10-3-1-2-4-10/h5-6,9-10H,1-4,7H2. The number of rotatable bonds is 3. The number of halogens is 1. The summed E-state index contributed by atoms with van der Waals surface area (Å²) in [6.07, 6.45) is 7.71. The summed E-state index contributed by atoms with van der Waals surface area (Å²) < 4.78 is 5.77. The minimum atomic E-state index is 0.271. The van der Waals surface area contributed by atoms with Gasteiger partial charge in [-0.2, -0.15) is 5.26 Å². The first-order valence-electron chi connectivity index (χ1n) is 6.78. The molecule has 3 rings (SSSR count). The molecular weight excluding hydrogens is 274 g/mol. The molecule has 0 radical (unpaired) electrons. The molecule has 2 aromatic rings. The van der Waals surface area contributed by atoms with Gasteiger partial charge in [0.05, 0.1) is 11.8 Å². The average molecular weight is 288 g/mol. The number of aromatic nitrogens is 2. The molecule has 1 fully saturated rings. The number of hydrogen-bond acceptors (Lipinski definition) is 4. The molecule has 102 valence electrons. The quantitative estimate of drug-likeness (QED) is 0.801. The summed E-state index contributed by atoms with van der Waals surface area (Å²) >= 11 is 6.07. The Morgan fingerprint density at radius 3 is 2.85 bits per heavy atom. The lowest BCUT2D eigenvalue weighted by atomic mass is 10.0. The van der Waals surface area contributed by atoms with Crippen molar-refractivity contribution in [2.24, 2.45) is 5.92 Å². The highest BCUT2D eigenvalue weighted by molar-refractivity contribution is 6.32. The van der Waals surface area contributed by atoms with E-state index < -0.39 is 0 Å². The van der Waals surface area contributed by atoms with Crippen LogP contribution in [0, 0.1) is 17.2 Å². The molecule has 0 atom stereocenters. The molecule has 1 saturated carbocycles. The number of pyridine rings is 1. The zero-order chi connectivity index (χ0) is 13.9. The van der Waals surface area contributed by atoms with E-state index in [2.05, 4.69) is 9.97 Å². The van der Waals surface area contributed by atoms with Gasteiger partial charge in [-0.15, -0.1) is 0 Å². The van der Waals surface area contributed by atoms with Crippen LogP contribution in [0.3, 0.4) is 0 Å². The number of nitrogens with zero attached hydrogens (tertiary/aromatic N) is 3. The Hall–Kier alpha value is -1.86. The van der Waals surface area contributed by atoms with Crippen LogP contribution in [0.2, 0.25) is 5.15 Å². The smallest absolute Gasteiger partial charge is 0.195 e. The van der Waals surface area contributed by atoms with Gasteiger partial charge in [-0.1, -0.05) is 24.4 Å². The van der Waals surface area contributed by atoms with Crippen molar-refractivity contribution < 1.29 is 4.42 Å². The minimum Gasteiger partial charge on any atom is -0.441 e. The maximum Gasteiger partial charge on any atom is 0.195 e. The van der Waals surface area contributed by atoms with Crippen LogP contribution in [0.4, 0.5) is 0 Å². The summed E-state index contributed by atoms with van der Waals surface area (Å²) in [5.41, 5.74) is 0.972. The van der Waals surface area contributed by atoms with Gasteiger partial charge in [0.1, 0.15) is 16.9 Å². The molecule has 5 heteroatoms. The summed E-state index contributed by atoms with van der Waals surface area (Å²) in [4.78, 5) is 8.32. The maximum absolute atomic E-state index is 8.78. The molecular formula is C15H14ClN3O. The Bertz CT molecular complexity index is 653. The number of hydrogen-bond donors (Lipinski definition) is 0. The lowest BCUT2D eigenvalue weighted by molar-refractivity contribution is 0.437. The van der Waals surface area contributed by atoms with Crippen molar-refractivity contribution in [2.75, 3.05) is 0 Å². The third kappa shape index (κ3) is 2.68. The van der Waals surface area contributed by atoms with Crippen LogP contribution < -0.4 is 0 Å². The van der Waals surface area contributed by atoms with Crippen molar-refractivity contribution >= 4 is 11.6 Å². The molecule has 4 nitrogen and oxygen atoms in total. The minimum absolute atomic E-state index is 0.271. The fourth-order valence-corrected chi connectivity index (χ4v) is 2.92. The van der Waals surface area contributed by atoms with Gasteiger partial charge in [-0.3, -0.25) is 0 Å². The van der Waals surface area contributed by atoms with Gasteiger partial charge in [0.2, 0.25) is 0 Å². The molecule has 0 aliphatic heterocycles. The third-order valence-corrected chi connectivity index (χ3v) is 4.01. The van der Waals surface area contributed by atoms with E-state index in [1.165, 1.54) is 25.7 Å². The fourth-order valence-electron chi connectivity index (χ4n) is 2.67. The van der Waals surface area contributed by atoms with Gasteiger partial charge in [-0.25, -0.2) is 9.97 Å². The second kappa shape index (κ2) is 5.64. The van der Waals surface area contributed by atoms with E-state index in [9.17, 15) is 0 Å². The molecule has 0 spiro atoms. The number of oxazole rings is 1. The molecule has 2 heterocycles. The SMILES string of the molecule is N#Cc1ccc(-c2cnc(CC3CCCC3)o2)c(Cl)n1. The highest BCUT2D eigenvalue weighted by Gasteiger charge is 2.19.